The van der Waals surface area contributed by atoms with Crippen molar-refractivity contribution in [1.29, 1.82) is 0 Å². The molecule has 2 aliphatic rings. The molecule has 162 valence electrons. The Morgan fingerprint density at radius 2 is 1.97 bits per heavy atom. The van der Waals surface area contributed by atoms with Crippen molar-refractivity contribution in [3.63, 3.8) is 0 Å². The lowest BCUT2D eigenvalue weighted by molar-refractivity contribution is -0.118. The Morgan fingerprint density at radius 1 is 1.19 bits per heavy atom. The van der Waals surface area contributed by atoms with Crippen LogP contribution >= 0.6 is 0 Å². The van der Waals surface area contributed by atoms with Crippen molar-refractivity contribution >= 4 is 16.7 Å². The minimum Gasteiger partial charge on any atom is -0.344 e. The lowest BCUT2D eigenvalue weighted by Crippen LogP contribution is -2.35. The molecule has 2 aliphatic heterocycles. The first-order valence-corrected chi connectivity index (χ1v) is 11.3. The average molecular weight is 420 g/mol. The van der Waals surface area contributed by atoms with E-state index in [0.29, 0.717) is 25.0 Å². The Labute approximate surface area is 182 Å². The number of rotatable bonds is 6. The van der Waals surface area contributed by atoms with Crippen molar-refractivity contribution in [2.75, 3.05) is 13.6 Å². The van der Waals surface area contributed by atoms with Gasteiger partial charge in [0.05, 0.1) is 6.54 Å². The van der Waals surface area contributed by atoms with Crippen LogP contribution in [0.15, 0.2) is 42.5 Å². The highest BCUT2D eigenvalue weighted by Gasteiger charge is 2.41. The van der Waals surface area contributed by atoms with Crippen molar-refractivity contribution in [3.05, 3.63) is 70.7 Å². The molecule has 0 spiro atoms. The van der Waals surface area contributed by atoms with Crippen LogP contribution in [0, 0.1) is 12.7 Å². The summed E-state index contributed by atoms with van der Waals surface area (Å²) in [6, 6.07) is 14.3. The van der Waals surface area contributed by atoms with Crippen LogP contribution in [-0.2, 0) is 17.8 Å². The summed E-state index contributed by atoms with van der Waals surface area (Å²) >= 11 is 0. The van der Waals surface area contributed by atoms with Crippen LogP contribution in [0.4, 0.5) is 4.39 Å². The fourth-order valence-electron chi connectivity index (χ4n) is 5.78. The molecule has 1 aromatic heterocycles. The monoisotopic (exact) mass is 419 g/mol. The number of carbonyl (C=O) groups is 1. The zero-order chi connectivity index (χ0) is 21.7. The topological polar surface area (TPSA) is 51.3 Å². The molecule has 0 amide bonds. The summed E-state index contributed by atoms with van der Waals surface area (Å²) in [7, 11) is 2.26. The zero-order valence-corrected chi connectivity index (χ0v) is 18.3. The van der Waals surface area contributed by atoms with Gasteiger partial charge in [-0.1, -0.05) is 23.8 Å². The van der Waals surface area contributed by atoms with Gasteiger partial charge >= 0.3 is 0 Å². The lowest BCUT2D eigenvalue weighted by Gasteiger charge is -2.33. The summed E-state index contributed by atoms with van der Waals surface area (Å²) in [6.45, 7) is 2.89. The maximum atomic E-state index is 13.6. The van der Waals surface area contributed by atoms with E-state index in [1.807, 2.05) is 12.1 Å². The number of aryl methyl sites for hydroxylation is 1. The third-order valence-electron chi connectivity index (χ3n) is 7.42. The number of hydrogen-bond donors (Lipinski definition) is 1. The third-order valence-corrected chi connectivity index (χ3v) is 7.42. The summed E-state index contributed by atoms with van der Waals surface area (Å²) in [5.74, 6) is -0.253. The van der Waals surface area contributed by atoms with Gasteiger partial charge in [-0.25, -0.2) is 4.39 Å². The molecule has 1 fully saturated rings. The van der Waals surface area contributed by atoms with Crippen LogP contribution in [0.25, 0.3) is 10.9 Å². The van der Waals surface area contributed by atoms with E-state index < -0.39 is 0 Å². The number of nitrogens with zero attached hydrogens (tertiary/aromatic N) is 2. The average Bonchev–Trinajstić information content (AvgIpc) is 3.17. The molecule has 31 heavy (non-hydrogen) atoms. The van der Waals surface area contributed by atoms with Crippen LogP contribution in [0.1, 0.15) is 53.6 Å². The van der Waals surface area contributed by atoms with Gasteiger partial charge < -0.3 is 10.3 Å². The number of Topliss-reactive ketones (excluding diaryl/α,β-unsaturated/α-hetero) is 1. The van der Waals surface area contributed by atoms with Crippen LogP contribution in [0.3, 0.4) is 0 Å². The van der Waals surface area contributed by atoms with Gasteiger partial charge in [0, 0.05) is 54.0 Å². The highest BCUT2D eigenvalue weighted by atomic mass is 19.1. The second kappa shape index (κ2) is 7.88. The first kappa shape index (κ1) is 20.4. The van der Waals surface area contributed by atoms with E-state index in [0.717, 1.165) is 12.0 Å². The Morgan fingerprint density at radius 3 is 2.71 bits per heavy atom. The molecule has 0 aliphatic carbocycles. The van der Waals surface area contributed by atoms with E-state index in [-0.39, 0.29) is 24.1 Å². The van der Waals surface area contributed by atoms with Crippen LogP contribution < -0.4 is 5.73 Å². The zero-order valence-electron chi connectivity index (χ0n) is 18.3. The molecule has 5 heteroatoms. The van der Waals surface area contributed by atoms with Gasteiger partial charge in [-0.3, -0.25) is 9.69 Å². The minimum atomic E-state index is -0.258. The smallest absolute Gasteiger partial charge is 0.147 e. The summed E-state index contributed by atoms with van der Waals surface area (Å²) < 4.78 is 16.0. The highest BCUT2D eigenvalue weighted by Crippen LogP contribution is 2.47. The number of nitrogens with two attached hydrogens (primary N) is 1. The molecule has 5 rings (SSSR count). The summed E-state index contributed by atoms with van der Waals surface area (Å²) in [6.07, 6.45) is 3.84. The number of benzene rings is 2. The van der Waals surface area contributed by atoms with E-state index in [9.17, 15) is 9.18 Å². The summed E-state index contributed by atoms with van der Waals surface area (Å²) in [5, 5.41) is 1.34. The molecule has 0 saturated carbocycles. The first-order valence-electron chi connectivity index (χ1n) is 11.3. The van der Waals surface area contributed by atoms with Gasteiger partial charge in [-0.05, 0) is 62.2 Å². The maximum absolute atomic E-state index is 13.6. The molecule has 2 N–H and O–H groups in total. The number of likely N-dealkylation sites (N-methyl/N-ethyl adjacent to an activating group) is 1. The van der Waals surface area contributed by atoms with E-state index in [4.69, 9.17) is 5.73 Å². The molecule has 4 nitrogen and oxygen atoms in total. The predicted molar refractivity (Wildman–Crippen MR) is 122 cm³/mol. The maximum Gasteiger partial charge on any atom is 0.147 e. The molecular weight excluding hydrogens is 389 g/mol. The number of hydrogen-bond acceptors (Lipinski definition) is 3. The van der Waals surface area contributed by atoms with E-state index in [2.05, 4.69) is 41.6 Å². The van der Waals surface area contributed by atoms with Crippen molar-refractivity contribution < 1.29 is 9.18 Å². The SMILES string of the molecule is Cc1ccc2c(c1)c1c(n2CC(CC(=O)CN)c2ccc(F)cc2)CC2CCC1N2C. The van der Waals surface area contributed by atoms with Gasteiger partial charge in [-0.2, -0.15) is 0 Å². The van der Waals surface area contributed by atoms with Crippen LogP contribution in [0.2, 0.25) is 0 Å². The number of aromatic nitrogens is 1. The van der Waals surface area contributed by atoms with Gasteiger partial charge in [0.15, 0.2) is 0 Å². The van der Waals surface area contributed by atoms with Crippen molar-refractivity contribution in [2.45, 2.75) is 57.2 Å². The Hall–Kier alpha value is -2.50. The molecular formula is C26H30FN3O. The molecule has 3 aromatic rings. The Kier molecular flexibility index (Phi) is 5.19. The fraction of sp³-hybridized carbons (Fsp3) is 0.423. The first-order chi connectivity index (χ1) is 15.0. The molecule has 1 saturated heterocycles. The van der Waals surface area contributed by atoms with Gasteiger partial charge in [0.25, 0.3) is 0 Å². The molecule has 3 heterocycles. The number of ketones is 1. The van der Waals surface area contributed by atoms with Gasteiger partial charge in [0.1, 0.15) is 11.6 Å². The molecule has 3 atom stereocenters. The highest BCUT2D eigenvalue weighted by molar-refractivity contribution is 5.87. The largest absolute Gasteiger partial charge is 0.344 e. The summed E-state index contributed by atoms with van der Waals surface area (Å²) in [5.41, 5.74) is 12.0. The van der Waals surface area contributed by atoms with Crippen LogP contribution in [-0.4, -0.2) is 34.9 Å². The fourth-order valence-corrected chi connectivity index (χ4v) is 5.78. The Bertz CT molecular complexity index is 1130. The van der Waals surface area contributed by atoms with Crippen LogP contribution in [0.5, 0.6) is 0 Å². The van der Waals surface area contributed by atoms with E-state index in [1.165, 1.54) is 52.7 Å². The molecule has 2 aromatic carbocycles. The lowest BCUT2D eigenvalue weighted by atomic mass is 9.93. The third kappa shape index (κ3) is 3.50. The van der Waals surface area contributed by atoms with Gasteiger partial charge in [-0.15, -0.1) is 0 Å². The van der Waals surface area contributed by atoms with Crippen molar-refractivity contribution in [2.24, 2.45) is 5.73 Å². The number of carbonyl (C=O) groups excluding carboxylic acids is 1. The van der Waals surface area contributed by atoms with E-state index in [1.54, 1.807) is 0 Å². The molecule has 3 unspecified atom stereocenters. The quantitative estimate of drug-likeness (QED) is 0.641. The molecule has 2 bridgehead atoms. The molecule has 0 radical (unpaired) electrons. The number of halogens is 1. The minimum absolute atomic E-state index is 0.0324. The van der Waals surface area contributed by atoms with Crippen molar-refractivity contribution in [3.8, 4) is 0 Å². The van der Waals surface area contributed by atoms with Gasteiger partial charge in [0.2, 0.25) is 0 Å². The normalized spacial score (nSPS) is 21.4. The number of fused-ring (bicyclic) bond motifs is 6. The van der Waals surface area contributed by atoms with E-state index >= 15 is 0 Å². The van der Waals surface area contributed by atoms with Crippen molar-refractivity contribution in [1.82, 2.24) is 9.47 Å². The second-order valence-electron chi connectivity index (χ2n) is 9.30. The summed E-state index contributed by atoms with van der Waals surface area (Å²) in [4.78, 5) is 14.9. The standard InChI is InChI=1S/C26H30FN3O/c1-16-3-9-23-22(11-16)26-24-10-8-20(29(24)2)13-25(26)30(23)15-18(12-21(31)14-28)17-4-6-19(27)7-5-17/h3-7,9,11,18,20,24H,8,10,12-15,28H2,1-2H3. The Balaban J connectivity index is 1.63. The second-order valence-corrected chi connectivity index (χ2v) is 9.30. The predicted octanol–water partition coefficient (Wildman–Crippen LogP) is 4.48.